The number of hydrogen-bond donors (Lipinski definition) is 1. The topological polar surface area (TPSA) is 102 Å². The Labute approximate surface area is 155 Å². The maximum atomic E-state index is 4.63. The van der Waals surface area contributed by atoms with E-state index >= 15 is 0 Å². The third-order valence-corrected chi connectivity index (χ3v) is 4.95. The Morgan fingerprint density at radius 3 is 2.85 bits per heavy atom. The van der Waals surface area contributed by atoms with Crippen LogP contribution < -0.4 is 10.2 Å². The number of nitrogens with one attached hydrogen (secondary N) is 1. The Kier molecular flexibility index (Phi) is 3.46. The van der Waals surface area contributed by atoms with Gasteiger partial charge in [0.2, 0.25) is 0 Å². The van der Waals surface area contributed by atoms with Gasteiger partial charge < -0.3 is 10.2 Å². The summed E-state index contributed by atoms with van der Waals surface area (Å²) in [5, 5.41) is 21.5. The molecule has 1 aliphatic rings. The fourth-order valence-corrected chi connectivity index (χ4v) is 3.45. The lowest BCUT2D eigenvalue weighted by molar-refractivity contribution is 0.424. The molecule has 0 bridgehead atoms. The van der Waals surface area contributed by atoms with Crippen molar-refractivity contribution in [2.24, 2.45) is 13.0 Å². The Bertz CT molecular complexity index is 1140. The van der Waals surface area contributed by atoms with Crippen molar-refractivity contribution in [2.45, 2.75) is 13.8 Å². The molecule has 1 saturated heterocycles. The summed E-state index contributed by atoms with van der Waals surface area (Å²) < 4.78 is 3.55. The normalized spacial score (nSPS) is 14.9. The standard InChI is InChI=1S/C17H20N10/c1-10-20-16(13-7-19-25(3)17(13)21-10)18-6-12-8-26(9-12)15-5-4-14-23-22-11(2)27(14)24-15/h4-5,7,12H,6,8-9H2,1-3H3,(H,18,20,21). The molecule has 0 spiro atoms. The molecule has 5 rings (SSSR count). The minimum Gasteiger partial charge on any atom is -0.369 e. The summed E-state index contributed by atoms with van der Waals surface area (Å²) in [4.78, 5) is 11.3. The first-order valence-electron chi connectivity index (χ1n) is 8.93. The molecule has 0 atom stereocenters. The van der Waals surface area contributed by atoms with Gasteiger partial charge in [-0.15, -0.1) is 15.3 Å². The molecule has 0 aromatic carbocycles. The first-order valence-corrected chi connectivity index (χ1v) is 8.93. The van der Waals surface area contributed by atoms with Crippen LogP contribution in [-0.4, -0.2) is 59.2 Å². The molecule has 10 heteroatoms. The van der Waals surface area contributed by atoms with Gasteiger partial charge in [-0.3, -0.25) is 4.68 Å². The molecule has 5 heterocycles. The highest BCUT2D eigenvalue weighted by atomic mass is 15.4. The van der Waals surface area contributed by atoms with Crippen molar-refractivity contribution in [3.8, 4) is 0 Å². The van der Waals surface area contributed by atoms with Crippen LogP contribution >= 0.6 is 0 Å². The van der Waals surface area contributed by atoms with Crippen molar-refractivity contribution in [2.75, 3.05) is 29.9 Å². The van der Waals surface area contributed by atoms with Crippen molar-refractivity contribution in [1.82, 2.24) is 39.6 Å². The van der Waals surface area contributed by atoms with Crippen LogP contribution in [0.2, 0.25) is 0 Å². The fraction of sp³-hybridized carbons (Fsp3) is 0.412. The van der Waals surface area contributed by atoms with E-state index in [9.17, 15) is 0 Å². The number of aryl methyl sites for hydroxylation is 3. The van der Waals surface area contributed by atoms with E-state index in [1.165, 1.54) is 0 Å². The first kappa shape index (κ1) is 15.9. The molecule has 0 aliphatic carbocycles. The molecular weight excluding hydrogens is 344 g/mol. The average Bonchev–Trinajstić information content (AvgIpc) is 3.17. The summed E-state index contributed by atoms with van der Waals surface area (Å²) in [6.07, 6.45) is 1.81. The van der Waals surface area contributed by atoms with Gasteiger partial charge in [0.15, 0.2) is 17.1 Å². The zero-order valence-electron chi connectivity index (χ0n) is 15.5. The van der Waals surface area contributed by atoms with Crippen molar-refractivity contribution >= 4 is 28.3 Å². The lowest BCUT2D eigenvalue weighted by atomic mass is 10.0. The summed E-state index contributed by atoms with van der Waals surface area (Å²) in [5.74, 6) is 3.88. The summed E-state index contributed by atoms with van der Waals surface area (Å²) in [6.45, 7) is 6.56. The molecular formula is C17H20N10. The molecule has 1 N–H and O–H groups in total. The Hall–Kier alpha value is -3.30. The van der Waals surface area contributed by atoms with E-state index in [-0.39, 0.29) is 0 Å². The van der Waals surface area contributed by atoms with Crippen LogP contribution in [0, 0.1) is 19.8 Å². The predicted octanol–water partition coefficient (Wildman–Crippen LogP) is 0.966. The zero-order chi connectivity index (χ0) is 18.5. The highest BCUT2D eigenvalue weighted by Gasteiger charge is 2.28. The molecule has 0 saturated carbocycles. The van der Waals surface area contributed by atoms with E-state index < -0.39 is 0 Å². The van der Waals surface area contributed by atoms with E-state index in [0.717, 1.165) is 59.6 Å². The summed E-state index contributed by atoms with van der Waals surface area (Å²) in [7, 11) is 1.89. The van der Waals surface area contributed by atoms with Gasteiger partial charge in [0.1, 0.15) is 17.5 Å². The first-order chi connectivity index (χ1) is 13.1. The molecule has 4 aromatic heterocycles. The maximum absolute atomic E-state index is 4.63. The van der Waals surface area contributed by atoms with Crippen LogP contribution in [0.15, 0.2) is 18.3 Å². The Morgan fingerprint density at radius 2 is 2.00 bits per heavy atom. The van der Waals surface area contributed by atoms with E-state index in [1.54, 1.807) is 9.20 Å². The van der Waals surface area contributed by atoms with E-state index in [0.29, 0.717) is 5.92 Å². The van der Waals surface area contributed by atoms with Crippen molar-refractivity contribution < 1.29 is 0 Å². The molecule has 4 aromatic rings. The summed E-state index contributed by atoms with van der Waals surface area (Å²) in [6, 6.07) is 3.96. The van der Waals surface area contributed by atoms with Crippen LogP contribution in [-0.2, 0) is 7.05 Å². The number of aromatic nitrogens is 8. The van der Waals surface area contributed by atoms with Gasteiger partial charge in [-0.1, -0.05) is 0 Å². The molecule has 10 nitrogen and oxygen atoms in total. The largest absolute Gasteiger partial charge is 0.369 e. The molecule has 27 heavy (non-hydrogen) atoms. The number of hydrogen-bond acceptors (Lipinski definition) is 8. The third-order valence-electron chi connectivity index (χ3n) is 4.95. The molecule has 0 radical (unpaired) electrons. The number of rotatable bonds is 4. The zero-order valence-corrected chi connectivity index (χ0v) is 15.5. The lowest BCUT2D eigenvalue weighted by Crippen LogP contribution is -2.50. The fourth-order valence-electron chi connectivity index (χ4n) is 3.45. The molecule has 138 valence electrons. The van der Waals surface area contributed by atoms with Crippen LogP contribution in [0.4, 0.5) is 11.6 Å². The molecule has 1 aliphatic heterocycles. The van der Waals surface area contributed by atoms with Gasteiger partial charge in [0.05, 0.1) is 11.6 Å². The van der Waals surface area contributed by atoms with Gasteiger partial charge in [-0.2, -0.15) is 9.61 Å². The van der Waals surface area contributed by atoms with Crippen LogP contribution in [0.3, 0.4) is 0 Å². The Morgan fingerprint density at radius 1 is 1.15 bits per heavy atom. The SMILES string of the molecule is Cc1nc(NCC2CN(c3ccc4nnc(C)n4n3)C2)c2cnn(C)c2n1. The summed E-state index contributed by atoms with van der Waals surface area (Å²) >= 11 is 0. The smallest absolute Gasteiger partial charge is 0.178 e. The highest BCUT2D eigenvalue weighted by Crippen LogP contribution is 2.25. The van der Waals surface area contributed by atoms with Crippen molar-refractivity contribution in [3.05, 3.63) is 30.0 Å². The highest BCUT2D eigenvalue weighted by molar-refractivity contribution is 5.86. The van der Waals surface area contributed by atoms with Crippen molar-refractivity contribution in [3.63, 3.8) is 0 Å². The van der Waals surface area contributed by atoms with Crippen molar-refractivity contribution in [1.29, 1.82) is 0 Å². The van der Waals surface area contributed by atoms with Gasteiger partial charge >= 0.3 is 0 Å². The van der Waals surface area contributed by atoms with E-state index in [2.05, 4.69) is 40.6 Å². The quantitative estimate of drug-likeness (QED) is 0.571. The van der Waals surface area contributed by atoms with Crippen LogP contribution in [0.5, 0.6) is 0 Å². The minimum atomic E-state index is 0.534. The second kappa shape index (κ2) is 5.86. The molecule has 1 fully saturated rings. The third kappa shape index (κ3) is 2.64. The lowest BCUT2D eigenvalue weighted by Gasteiger charge is -2.40. The van der Waals surface area contributed by atoms with E-state index in [4.69, 9.17) is 0 Å². The number of anilines is 2. The number of nitrogens with zero attached hydrogens (tertiary/aromatic N) is 9. The summed E-state index contributed by atoms with van der Waals surface area (Å²) in [5.41, 5.74) is 1.62. The number of fused-ring (bicyclic) bond motifs is 2. The average molecular weight is 364 g/mol. The predicted molar refractivity (Wildman–Crippen MR) is 101 cm³/mol. The van der Waals surface area contributed by atoms with Gasteiger partial charge in [0.25, 0.3) is 0 Å². The monoisotopic (exact) mass is 364 g/mol. The second-order valence-electron chi connectivity index (χ2n) is 6.99. The minimum absolute atomic E-state index is 0.534. The second-order valence-corrected chi connectivity index (χ2v) is 6.99. The Balaban J connectivity index is 1.26. The van der Waals surface area contributed by atoms with E-state index in [1.807, 2.05) is 39.2 Å². The van der Waals surface area contributed by atoms with Gasteiger partial charge in [-0.05, 0) is 26.0 Å². The van der Waals surface area contributed by atoms with Gasteiger partial charge in [0, 0.05) is 32.6 Å². The van der Waals surface area contributed by atoms with Gasteiger partial charge in [-0.25, -0.2) is 9.97 Å². The molecule has 0 amide bonds. The van der Waals surface area contributed by atoms with Crippen LogP contribution in [0.1, 0.15) is 11.6 Å². The van der Waals surface area contributed by atoms with Crippen LogP contribution in [0.25, 0.3) is 16.7 Å². The maximum Gasteiger partial charge on any atom is 0.178 e. The molecule has 0 unspecified atom stereocenters.